The van der Waals surface area contributed by atoms with Crippen molar-refractivity contribution in [2.45, 2.75) is 56.0 Å². The second-order valence-electron chi connectivity index (χ2n) is 9.21. The van der Waals surface area contributed by atoms with Gasteiger partial charge in [0.25, 0.3) is 0 Å². The fraction of sp³-hybridized carbons (Fsp3) is 0.727. The minimum absolute atomic E-state index is 0.0701. The van der Waals surface area contributed by atoms with Crippen molar-refractivity contribution >= 4 is 0 Å². The smallest absolute Gasteiger partial charge is 0.163 e. The minimum Gasteiger partial charge on any atom is -0.365 e. The van der Waals surface area contributed by atoms with E-state index in [1.54, 1.807) is 0 Å². The van der Waals surface area contributed by atoms with Crippen molar-refractivity contribution in [2.75, 3.05) is 40.3 Å². The molecule has 3 fully saturated rings. The van der Waals surface area contributed by atoms with E-state index in [9.17, 15) is 5.11 Å². The highest BCUT2D eigenvalue weighted by Crippen LogP contribution is 2.46. The molecular formula is C22H36N4O. The van der Waals surface area contributed by atoms with Gasteiger partial charge in [-0.15, -0.1) is 0 Å². The molecular weight excluding hydrogens is 336 g/mol. The van der Waals surface area contributed by atoms with Crippen LogP contribution in [0.25, 0.3) is 0 Å². The summed E-state index contributed by atoms with van der Waals surface area (Å²) in [5.41, 5.74) is 1.61. The van der Waals surface area contributed by atoms with Crippen LogP contribution in [-0.4, -0.2) is 67.1 Å². The molecule has 2 heterocycles. The molecule has 5 heteroatoms. The van der Waals surface area contributed by atoms with Crippen LogP contribution in [0.5, 0.6) is 0 Å². The van der Waals surface area contributed by atoms with Gasteiger partial charge in [0.1, 0.15) is 0 Å². The topological polar surface area (TPSA) is 50.8 Å². The van der Waals surface area contributed by atoms with E-state index in [2.05, 4.69) is 64.9 Å². The summed E-state index contributed by atoms with van der Waals surface area (Å²) in [7, 11) is 4.43. The normalized spacial score (nSPS) is 35.9. The highest BCUT2D eigenvalue weighted by molar-refractivity contribution is 5.26. The Morgan fingerprint density at radius 3 is 2.37 bits per heavy atom. The van der Waals surface area contributed by atoms with E-state index in [-0.39, 0.29) is 11.1 Å². The van der Waals surface area contributed by atoms with E-state index in [4.69, 9.17) is 0 Å². The molecule has 1 saturated carbocycles. The second-order valence-corrected chi connectivity index (χ2v) is 9.21. The Labute approximate surface area is 164 Å². The van der Waals surface area contributed by atoms with Gasteiger partial charge in [0, 0.05) is 24.2 Å². The third-order valence-corrected chi connectivity index (χ3v) is 7.44. The van der Waals surface area contributed by atoms with Crippen molar-refractivity contribution < 1.29 is 5.11 Å². The summed E-state index contributed by atoms with van der Waals surface area (Å²) < 4.78 is 0. The predicted octanol–water partition coefficient (Wildman–Crippen LogP) is 1.94. The third kappa shape index (κ3) is 3.81. The molecule has 0 radical (unpaired) electrons. The van der Waals surface area contributed by atoms with Crippen molar-refractivity contribution in [3.05, 3.63) is 35.9 Å². The number of benzene rings is 1. The molecule has 5 nitrogen and oxygen atoms in total. The molecule has 2 aliphatic heterocycles. The maximum absolute atomic E-state index is 10.7. The Hall–Kier alpha value is -0.980. The van der Waals surface area contributed by atoms with Gasteiger partial charge in [0.15, 0.2) is 6.35 Å². The first-order valence-corrected chi connectivity index (χ1v) is 10.7. The Bertz CT molecular complexity index is 606. The van der Waals surface area contributed by atoms with E-state index < -0.39 is 6.35 Å². The first kappa shape index (κ1) is 19.3. The summed E-state index contributed by atoms with van der Waals surface area (Å²) >= 11 is 0. The van der Waals surface area contributed by atoms with E-state index in [1.165, 1.54) is 18.4 Å². The molecule has 1 atom stereocenters. The summed E-state index contributed by atoms with van der Waals surface area (Å²) in [4.78, 5) is 4.70. The Morgan fingerprint density at radius 1 is 1.07 bits per heavy atom. The van der Waals surface area contributed by atoms with Crippen LogP contribution in [0.4, 0.5) is 0 Å². The summed E-state index contributed by atoms with van der Waals surface area (Å²) in [5, 5.41) is 17.7. The number of aliphatic hydroxyl groups excluding tert-OH is 1. The second kappa shape index (κ2) is 7.80. The molecule has 1 spiro atoms. The zero-order valence-electron chi connectivity index (χ0n) is 17.0. The zero-order valence-corrected chi connectivity index (χ0v) is 17.0. The molecule has 2 saturated heterocycles. The molecule has 3 aliphatic rings. The van der Waals surface area contributed by atoms with E-state index in [1.807, 2.05) is 0 Å². The molecule has 0 amide bonds. The highest BCUT2D eigenvalue weighted by atomic mass is 16.3. The van der Waals surface area contributed by atoms with Crippen LogP contribution in [0.2, 0.25) is 0 Å². The van der Waals surface area contributed by atoms with E-state index >= 15 is 0 Å². The molecule has 27 heavy (non-hydrogen) atoms. The van der Waals surface area contributed by atoms with Gasteiger partial charge in [-0.3, -0.25) is 15.1 Å². The average molecular weight is 373 g/mol. The molecule has 150 valence electrons. The maximum Gasteiger partial charge on any atom is 0.163 e. The number of piperidine rings is 1. The third-order valence-electron chi connectivity index (χ3n) is 7.44. The van der Waals surface area contributed by atoms with Crippen LogP contribution < -0.4 is 10.6 Å². The Balaban J connectivity index is 1.43. The Kier molecular flexibility index (Phi) is 5.59. The molecule has 1 aliphatic carbocycles. The number of nitrogens with zero attached hydrogens (tertiary/aromatic N) is 2. The van der Waals surface area contributed by atoms with E-state index in [0.29, 0.717) is 5.92 Å². The van der Waals surface area contributed by atoms with Crippen LogP contribution >= 0.6 is 0 Å². The minimum atomic E-state index is -0.483. The van der Waals surface area contributed by atoms with Gasteiger partial charge in [0.2, 0.25) is 0 Å². The van der Waals surface area contributed by atoms with Gasteiger partial charge in [0.05, 0.1) is 0 Å². The highest BCUT2D eigenvalue weighted by Gasteiger charge is 2.50. The van der Waals surface area contributed by atoms with Crippen molar-refractivity contribution in [3.8, 4) is 0 Å². The molecule has 0 aromatic heterocycles. The van der Waals surface area contributed by atoms with Crippen LogP contribution in [0.15, 0.2) is 30.3 Å². The number of hydrogen-bond donors (Lipinski definition) is 3. The SMILES string of the molecule is CN(C)C1(c2ccccc2)CCC2(CC1)CN(CC1CCNCC1)C(O)N2. The van der Waals surface area contributed by atoms with Crippen molar-refractivity contribution in [2.24, 2.45) is 5.92 Å². The van der Waals surface area contributed by atoms with Gasteiger partial charge in [-0.05, 0) is 77.2 Å². The molecule has 1 unspecified atom stereocenters. The van der Waals surface area contributed by atoms with Gasteiger partial charge in [-0.2, -0.15) is 0 Å². The lowest BCUT2D eigenvalue weighted by Gasteiger charge is -2.49. The van der Waals surface area contributed by atoms with Crippen molar-refractivity contribution in [3.63, 3.8) is 0 Å². The lowest BCUT2D eigenvalue weighted by atomic mass is 9.69. The summed E-state index contributed by atoms with van der Waals surface area (Å²) in [6, 6.07) is 11.0. The van der Waals surface area contributed by atoms with E-state index in [0.717, 1.165) is 51.9 Å². The van der Waals surface area contributed by atoms with Crippen LogP contribution in [0.1, 0.15) is 44.1 Å². The van der Waals surface area contributed by atoms with Crippen molar-refractivity contribution in [1.29, 1.82) is 0 Å². The predicted molar refractivity (Wildman–Crippen MR) is 109 cm³/mol. The lowest BCUT2D eigenvalue weighted by molar-refractivity contribution is 0.00683. The monoisotopic (exact) mass is 372 g/mol. The maximum atomic E-state index is 10.7. The summed E-state index contributed by atoms with van der Waals surface area (Å²) in [6.45, 7) is 4.25. The fourth-order valence-corrected chi connectivity index (χ4v) is 5.63. The molecule has 0 bridgehead atoms. The standard InChI is InChI=1S/C22H36N4O/c1-25(2)22(19-6-4-3-5-7-19)12-10-21(11-13-22)17-26(20(27)24-21)16-18-8-14-23-15-9-18/h3-7,18,20,23-24,27H,8-17H2,1-2H3. The van der Waals surface area contributed by atoms with Gasteiger partial charge in [-0.1, -0.05) is 30.3 Å². The quantitative estimate of drug-likeness (QED) is 0.754. The summed E-state index contributed by atoms with van der Waals surface area (Å²) in [5.74, 6) is 0.714. The van der Waals surface area contributed by atoms with Crippen molar-refractivity contribution in [1.82, 2.24) is 20.4 Å². The largest absolute Gasteiger partial charge is 0.365 e. The molecule has 3 N–H and O–H groups in total. The summed E-state index contributed by atoms with van der Waals surface area (Å²) in [6.07, 6.45) is 6.46. The van der Waals surface area contributed by atoms with Crippen LogP contribution in [0.3, 0.4) is 0 Å². The Morgan fingerprint density at radius 2 is 1.74 bits per heavy atom. The fourth-order valence-electron chi connectivity index (χ4n) is 5.63. The zero-order chi connectivity index (χ0) is 18.9. The average Bonchev–Trinajstić information content (AvgIpc) is 2.99. The van der Waals surface area contributed by atoms with Crippen LogP contribution in [0, 0.1) is 5.92 Å². The molecule has 4 rings (SSSR count). The van der Waals surface area contributed by atoms with Crippen LogP contribution in [-0.2, 0) is 5.54 Å². The first-order chi connectivity index (χ1) is 13.0. The van der Waals surface area contributed by atoms with Gasteiger partial charge < -0.3 is 10.4 Å². The number of nitrogens with one attached hydrogen (secondary N) is 2. The molecule has 1 aromatic rings. The van der Waals surface area contributed by atoms with Gasteiger partial charge >= 0.3 is 0 Å². The number of aliphatic hydroxyl groups is 1. The number of rotatable bonds is 4. The first-order valence-electron chi connectivity index (χ1n) is 10.7. The lowest BCUT2D eigenvalue weighted by Crippen LogP contribution is -2.54. The number of hydrogen-bond acceptors (Lipinski definition) is 5. The molecule has 1 aromatic carbocycles. The van der Waals surface area contributed by atoms with Gasteiger partial charge in [-0.25, -0.2) is 0 Å².